The third kappa shape index (κ3) is 5.01. The fourth-order valence-electron chi connectivity index (χ4n) is 3.06. The largest absolute Gasteiger partial charge is 0.493 e. The van der Waals surface area contributed by atoms with Crippen molar-refractivity contribution in [2.75, 3.05) is 33.8 Å². The number of methoxy groups -OCH3 is 1. The van der Waals surface area contributed by atoms with Crippen molar-refractivity contribution in [3.63, 3.8) is 0 Å². The Kier molecular flexibility index (Phi) is 6.49. The zero-order valence-electron chi connectivity index (χ0n) is 16.2. The van der Waals surface area contributed by atoms with E-state index in [2.05, 4.69) is 5.32 Å². The molecule has 2 aromatic rings. The molecule has 1 fully saturated rings. The monoisotopic (exact) mass is 383 g/mol. The van der Waals surface area contributed by atoms with E-state index in [-0.39, 0.29) is 18.5 Å². The fourth-order valence-corrected chi connectivity index (χ4v) is 3.06. The maximum Gasteiger partial charge on any atom is 0.324 e. The van der Waals surface area contributed by atoms with Crippen molar-refractivity contribution < 1.29 is 19.1 Å². The number of nitrogens with zero attached hydrogens (tertiary/aromatic N) is 2. The zero-order chi connectivity index (χ0) is 19.9. The van der Waals surface area contributed by atoms with Crippen LogP contribution in [0, 0.1) is 0 Å². The molecule has 1 heterocycles. The molecule has 1 aliphatic rings. The minimum atomic E-state index is -0.319. The second-order valence-electron chi connectivity index (χ2n) is 6.71. The smallest absolute Gasteiger partial charge is 0.324 e. The van der Waals surface area contributed by atoms with Gasteiger partial charge >= 0.3 is 6.03 Å². The molecule has 1 N–H and O–H groups in total. The molecule has 0 atom stereocenters. The van der Waals surface area contributed by atoms with Crippen molar-refractivity contribution in [2.45, 2.75) is 13.2 Å². The van der Waals surface area contributed by atoms with E-state index in [9.17, 15) is 9.59 Å². The molecule has 148 valence electrons. The van der Waals surface area contributed by atoms with Gasteiger partial charge in [0.25, 0.3) is 0 Å². The van der Waals surface area contributed by atoms with Gasteiger partial charge in [0, 0.05) is 19.6 Å². The third-order valence-electron chi connectivity index (χ3n) is 4.48. The molecule has 28 heavy (non-hydrogen) atoms. The summed E-state index contributed by atoms with van der Waals surface area (Å²) in [5, 5.41) is 2.64. The molecule has 7 heteroatoms. The van der Waals surface area contributed by atoms with Gasteiger partial charge in [-0.25, -0.2) is 4.79 Å². The van der Waals surface area contributed by atoms with Crippen LogP contribution in [0.1, 0.15) is 11.1 Å². The van der Waals surface area contributed by atoms with Gasteiger partial charge in [0.05, 0.1) is 13.7 Å². The summed E-state index contributed by atoms with van der Waals surface area (Å²) in [5.41, 5.74) is 2.07. The van der Waals surface area contributed by atoms with Crippen LogP contribution in [0.4, 0.5) is 4.79 Å². The predicted octanol–water partition coefficient (Wildman–Crippen LogP) is 2.26. The van der Waals surface area contributed by atoms with E-state index in [4.69, 9.17) is 9.47 Å². The zero-order valence-corrected chi connectivity index (χ0v) is 16.2. The Morgan fingerprint density at radius 2 is 1.93 bits per heavy atom. The first kappa shape index (κ1) is 19.7. The van der Waals surface area contributed by atoms with Gasteiger partial charge in [-0.1, -0.05) is 36.4 Å². The second-order valence-corrected chi connectivity index (χ2v) is 6.71. The first-order chi connectivity index (χ1) is 13.6. The Balaban J connectivity index is 1.58. The lowest BCUT2D eigenvalue weighted by molar-refractivity contribution is -0.128. The number of nitrogens with one attached hydrogen (secondary N) is 1. The highest BCUT2D eigenvalue weighted by atomic mass is 16.5. The van der Waals surface area contributed by atoms with Crippen molar-refractivity contribution in [1.29, 1.82) is 0 Å². The number of urea groups is 1. The van der Waals surface area contributed by atoms with E-state index in [1.54, 1.807) is 7.11 Å². The van der Waals surface area contributed by atoms with E-state index >= 15 is 0 Å². The Bertz CT molecular complexity index is 826. The normalized spacial score (nSPS) is 13.5. The standard InChI is InChI=1S/C21H25N3O4/c1-23(14-20(25)24-11-10-22-21(24)26)13-17-8-9-18(19(12-17)27-2)28-15-16-6-4-3-5-7-16/h3-9,12H,10-11,13-15H2,1-2H3,(H,22,26). The van der Waals surface area contributed by atoms with Crippen molar-refractivity contribution in [1.82, 2.24) is 15.1 Å². The molecule has 3 amide bonds. The third-order valence-corrected chi connectivity index (χ3v) is 4.48. The van der Waals surface area contributed by atoms with Gasteiger partial charge in [-0.15, -0.1) is 0 Å². The Hall–Kier alpha value is -3.06. The van der Waals surface area contributed by atoms with Crippen LogP contribution in [-0.4, -0.2) is 55.5 Å². The summed E-state index contributed by atoms with van der Waals surface area (Å²) < 4.78 is 11.3. The van der Waals surface area contributed by atoms with Gasteiger partial charge in [0.2, 0.25) is 5.91 Å². The van der Waals surface area contributed by atoms with E-state index in [1.165, 1.54) is 4.90 Å². The van der Waals surface area contributed by atoms with Gasteiger partial charge in [0.1, 0.15) is 6.61 Å². The lowest BCUT2D eigenvalue weighted by Crippen LogP contribution is -2.40. The number of ether oxygens (including phenoxy) is 2. The molecule has 3 rings (SSSR count). The Morgan fingerprint density at radius 3 is 2.61 bits per heavy atom. The maximum atomic E-state index is 12.2. The molecule has 1 aliphatic heterocycles. The highest BCUT2D eigenvalue weighted by Gasteiger charge is 2.26. The molecule has 0 aliphatic carbocycles. The number of likely N-dealkylation sites (N-methyl/N-ethyl adjacent to an activating group) is 1. The van der Waals surface area contributed by atoms with Gasteiger partial charge in [0.15, 0.2) is 11.5 Å². The lowest BCUT2D eigenvalue weighted by Gasteiger charge is -2.20. The van der Waals surface area contributed by atoms with Crippen LogP contribution in [0.15, 0.2) is 48.5 Å². The number of amides is 3. The minimum Gasteiger partial charge on any atom is -0.493 e. The van der Waals surface area contributed by atoms with Crippen LogP contribution in [0.2, 0.25) is 0 Å². The summed E-state index contributed by atoms with van der Waals surface area (Å²) in [5.74, 6) is 1.11. The number of hydrogen-bond acceptors (Lipinski definition) is 5. The summed E-state index contributed by atoms with van der Waals surface area (Å²) in [6, 6.07) is 15.3. The molecule has 0 aromatic heterocycles. The van der Waals surface area contributed by atoms with Crippen LogP contribution in [0.3, 0.4) is 0 Å². The first-order valence-electron chi connectivity index (χ1n) is 9.17. The van der Waals surface area contributed by atoms with Gasteiger partial charge < -0.3 is 14.8 Å². The van der Waals surface area contributed by atoms with Crippen molar-refractivity contribution in [2.24, 2.45) is 0 Å². The van der Waals surface area contributed by atoms with Crippen molar-refractivity contribution in [3.05, 3.63) is 59.7 Å². The summed E-state index contributed by atoms with van der Waals surface area (Å²) in [7, 11) is 3.45. The Morgan fingerprint density at radius 1 is 1.14 bits per heavy atom. The molecule has 0 saturated carbocycles. The quantitative estimate of drug-likeness (QED) is 0.757. The number of rotatable bonds is 8. The summed E-state index contributed by atoms with van der Waals surface area (Å²) in [4.78, 5) is 26.9. The summed E-state index contributed by atoms with van der Waals surface area (Å²) >= 11 is 0. The topological polar surface area (TPSA) is 71.1 Å². The SMILES string of the molecule is COc1cc(CN(C)CC(=O)N2CCNC2=O)ccc1OCc1ccccc1. The number of carbonyl (C=O) groups is 2. The molecular formula is C21H25N3O4. The van der Waals surface area contributed by atoms with Gasteiger partial charge in [-0.2, -0.15) is 0 Å². The number of imide groups is 1. The second kappa shape index (κ2) is 9.23. The van der Waals surface area contributed by atoms with Crippen LogP contribution >= 0.6 is 0 Å². The van der Waals surface area contributed by atoms with Crippen LogP contribution in [-0.2, 0) is 17.9 Å². The first-order valence-corrected chi connectivity index (χ1v) is 9.17. The lowest BCUT2D eigenvalue weighted by atomic mass is 10.2. The van der Waals surface area contributed by atoms with Crippen molar-refractivity contribution in [3.8, 4) is 11.5 Å². The molecule has 2 aromatic carbocycles. The van der Waals surface area contributed by atoms with E-state index in [1.807, 2.05) is 60.5 Å². The highest BCUT2D eigenvalue weighted by Crippen LogP contribution is 2.29. The van der Waals surface area contributed by atoms with E-state index in [0.29, 0.717) is 37.7 Å². The highest BCUT2D eigenvalue weighted by molar-refractivity contribution is 5.96. The minimum absolute atomic E-state index is 0.169. The number of benzene rings is 2. The molecule has 0 spiro atoms. The average molecular weight is 383 g/mol. The Labute approximate surface area is 164 Å². The van der Waals surface area contributed by atoms with E-state index < -0.39 is 0 Å². The van der Waals surface area contributed by atoms with Gasteiger partial charge in [-0.05, 0) is 30.3 Å². The molecule has 0 bridgehead atoms. The molecule has 1 saturated heterocycles. The van der Waals surface area contributed by atoms with Crippen LogP contribution in [0.25, 0.3) is 0 Å². The molecular weight excluding hydrogens is 358 g/mol. The fraction of sp³-hybridized carbons (Fsp3) is 0.333. The molecule has 7 nitrogen and oxygen atoms in total. The van der Waals surface area contributed by atoms with Crippen molar-refractivity contribution >= 4 is 11.9 Å². The molecule has 0 unspecified atom stereocenters. The molecule has 0 radical (unpaired) electrons. The maximum absolute atomic E-state index is 12.2. The summed E-state index contributed by atoms with van der Waals surface area (Å²) in [6.45, 7) is 2.12. The van der Waals surface area contributed by atoms with Gasteiger partial charge in [-0.3, -0.25) is 14.6 Å². The van der Waals surface area contributed by atoms with E-state index in [0.717, 1.165) is 11.1 Å². The van der Waals surface area contributed by atoms with Crippen LogP contribution < -0.4 is 14.8 Å². The number of hydrogen-bond donors (Lipinski definition) is 1. The van der Waals surface area contributed by atoms with Crippen LogP contribution in [0.5, 0.6) is 11.5 Å². The summed E-state index contributed by atoms with van der Waals surface area (Å²) in [6.07, 6.45) is 0. The predicted molar refractivity (Wildman–Crippen MR) is 105 cm³/mol. The average Bonchev–Trinajstić information content (AvgIpc) is 3.13. The number of carbonyl (C=O) groups excluding carboxylic acids is 2.